The third-order valence-electron chi connectivity index (χ3n) is 3.53. The SMILES string of the molecule is CNCC1CCCCCC1c1ccco1. The van der Waals surface area contributed by atoms with Gasteiger partial charge in [-0.15, -0.1) is 0 Å². The lowest BCUT2D eigenvalue weighted by molar-refractivity contribution is 0.334. The van der Waals surface area contributed by atoms with Crippen LogP contribution in [0.4, 0.5) is 0 Å². The molecule has 0 bridgehead atoms. The van der Waals surface area contributed by atoms with Gasteiger partial charge in [-0.25, -0.2) is 0 Å². The second-order valence-corrected chi connectivity index (χ2v) is 4.58. The highest BCUT2D eigenvalue weighted by atomic mass is 16.3. The van der Waals surface area contributed by atoms with E-state index in [1.165, 1.54) is 37.9 Å². The molecule has 1 aliphatic carbocycles. The molecule has 0 aliphatic heterocycles. The van der Waals surface area contributed by atoms with E-state index in [0.717, 1.165) is 12.5 Å². The summed E-state index contributed by atoms with van der Waals surface area (Å²) in [4.78, 5) is 0. The Labute approximate surface area is 92.1 Å². The van der Waals surface area contributed by atoms with Crippen LogP contribution in [0.3, 0.4) is 0 Å². The molecule has 0 amide bonds. The van der Waals surface area contributed by atoms with E-state index < -0.39 is 0 Å². The first-order chi connectivity index (χ1) is 7.42. The average molecular weight is 207 g/mol. The number of hydrogen-bond donors (Lipinski definition) is 1. The normalized spacial score (nSPS) is 27.5. The van der Waals surface area contributed by atoms with Gasteiger partial charge in [0.25, 0.3) is 0 Å². The number of nitrogens with one attached hydrogen (secondary N) is 1. The highest BCUT2D eigenvalue weighted by Crippen LogP contribution is 2.36. The lowest BCUT2D eigenvalue weighted by Crippen LogP contribution is -2.23. The van der Waals surface area contributed by atoms with E-state index in [9.17, 15) is 0 Å². The molecule has 84 valence electrons. The summed E-state index contributed by atoms with van der Waals surface area (Å²) in [6.07, 6.45) is 8.55. The Hall–Kier alpha value is -0.760. The zero-order chi connectivity index (χ0) is 10.5. The highest BCUT2D eigenvalue weighted by molar-refractivity contribution is 5.07. The van der Waals surface area contributed by atoms with Gasteiger partial charge in [0.15, 0.2) is 0 Å². The number of furan rings is 1. The van der Waals surface area contributed by atoms with Crippen LogP contribution in [-0.4, -0.2) is 13.6 Å². The maximum absolute atomic E-state index is 5.58. The predicted molar refractivity (Wildman–Crippen MR) is 62.0 cm³/mol. The molecule has 1 aromatic rings. The molecular weight excluding hydrogens is 186 g/mol. The van der Waals surface area contributed by atoms with Gasteiger partial charge in [-0.2, -0.15) is 0 Å². The van der Waals surface area contributed by atoms with Crippen molar-refractivity contribution in [3.05, 3.63) is 24.2 Å². The van der Waals surface area contributed by atoms with Gasteiger partial charge in [0, 0.05) is 5.92 Å². The second-order valence-electron chi connectivity index (χ2n) is 4.58. The summed E-state index contributed by atoms with van der Waals surface area (Å²) in [5.74, 6) is 2.58. The molecule has 0 saturated heterocycles. The van der Waals surface area contributed by atoms with E-state index >= 15 is 0 Å². The van der Waals surface area contributed by atoms with Gasteiger partial charge in [-0.1, -0.05) is 19.3 Å². The van der Waals surface area contributed by atoms with Crippen LogP contribution in [0.15, 0.2) is 22.8 Å². The maximum atomic E-state index is 5.58. The van der Waals surface area contributed by atoms with Gasteiger partial charge in [0.2, 0.25) is 0 Å². The molecule has 15 heavy (non-hydrogen) atoms. The lowest BCUT2D eigenvalue weighted by atomic mass is 9.86. The van der Waals surface area contributed by atoms with E-state index in [1.54, 1.807) is 6.26 Å². The molecule has 0 aromatic carbocycles. The highest BCUT2D eigenvalue weighted by Gasteiger charge is 2.26. The van der Waals surface area contributed by atoms with Crippen molar-refractivity contribution in [2.24, 2.45) is 5.92 Å². The van der Waals surface area contributed by atoms with Gasteiger partial charge in [0.1, 0.15) is 5.76 Å². The molecule has 0 radical (unpaired) electrons. The lowest BCUT2D eigenvalue weighted by Gasteiger charge is -2.22. The average Bonchev–Trinajstić information content (AvgIpc) is 2.67. The van der Waals surface area contributed by atoms with Crippen molar-refractivity contribution in [2.75, 3.05) is 13.6 Å². The van der Waals surface area contributed by atoms with E-state index in [2.05, 4.69) is 11.4 Å². The molecule has 2 rings (SSSR count). The van der Waals surface area contributed by atoms with Crippen LogP contribution in [0, 0.1) is 5.92 Å². The molecule has 1 fully saturated rings. The Balaban J connectivity index is 2.09. The standard InChI is InChI=1S/C13H21NO/c1-14-10-11-6-3-2-4-7-12(11)13-8-5-9-15-13/h5,8-9,11-12,14H,2-4,6-7,10H2,1H3. The van der Waals surface area contributed by atoms with Gasteiger partial charge >= 0.3 is 0 Å². The Morgan fingerprint density at radius 1 is 1.33 bits per heavy atom. The second kappa shape index (κ2) is 5.36. The van der Waals surface area contributed by atoms with Crippen LogP contribution in [0.1, 0.15) is 43.8 Å². The van der Waals surface area contributed by atoms with Crippen LogP contribution in [0.5, 0.6) is 0 Å². The van der Waals surface area contributed by atoms with Gasteiger partial charge in [0.05, 0.1) is 6.26 Å². The van der Waals surface area contributed by atoms with E-state index in [1.807, 2.05) is 13.1 Å². The molecule has 1 N–H and O–H groups in total. The van der Waals surface area contributed by atoms with Crippen LogP contribution < -0.4 is 5.32 Å². The zero-order valence-electron chi connectivity index (χ0n) is 9.54. The van der Waals surface area contributed by atoms with Crippen LogP contribution in [0.25, 0.3) is 0 Å². The van der Waals surface area contributed by atoms with Crippen LogP contribution in [-0.2, 0) is 0 Å². The molecule has 2 nitrogen and oxygen atoms in total. The summed E-state index contributed by atoms with van der Waals surface area (Å²) >= 11 is 0. The van der Waals surface area contributed by atoms with E-state index in [0.29, 0.717) is 5.92 Å². The molecule has 2 heteroatoms. The Morgan fingerprint density at radius 3 is 2.93 bits per heavy atom. The van der Waals surface area contributed by atoms with Crippen LogP contribution in [0.2, 0.25) is 0 Å². The minimum atomic E-state index is 0.634. The van der Waals surface area contributed by atoms with Gasteiger partial charge in [-0.3, -0.25) is 0 Å². The van der Waals surface area contributed by atoms with Crippen molar-refractivity contribution in [3.63, 3.8) is 0 Å². The maximum Gasteiger partial charge on any atom is 0.107 e. The third-order valence-corrected chi connectivity index (χ3v) is 3.53. The van der Waals surface area contributed by atoms with Crippen molar-refractivity contribution < 1.29 is 4.42 Å². The van der Waals surface area contributed by atoms with Crippen molar-refractivity contribution in [2.45, 2.75) is 38.0 Å². The molecule has 2 unspecified atom stereocenters. The fourth-order valence-corrected chi connectivity index (χ4v) is 2.77. The smallest absolute Gasteiger partial charge is 0.107 e. The first-order valence-corrected chi connectivity index (χ1v) is 6.10. The molecular formula is C13H21NO. The minimum absolute atomic E-state index is 0.634. The third kappa shape index (κ3) is 2.63. The molecule has 1 saturated carbocycles. The van der Waals surface area contributed by atoms with Gasteiger partial charge in [-0.05, 0) is 44.5 Å². The van der Waals surface area contributed by atoms with E-state index in [4.69, 9.17) is 4.42 Å². The van der Waals surface area contributed by atoms with E-state index in [-0.39, 0.29) is 0 Å². The molecule has 1 aliphatic rings. The minimum Gasteiger partial charge on any atom is -0.469 e. The largest absolute Gasteiger partial charge is 0.469 e. The summed E-state index contributed by atoms with van der Waals surface area (Å²) in [6, 6.07) is 4.15. The topological polar surface area (TPSA) is 25.2 Å². The Morgan fingerprint density at radius 2 is 2.20 bits per heavy atom. The summed E-state index contributed by atoms with van der Waals surface area (Å²) in [5.41, 5.74) is 0. The number of hydrogen-bond acceptors (Lipinski definition) is 2. The summed E-state index contributed by atoms with van der Waals surface area (Å²) in [5, 5.41) is 3.32. The molecule has 2 atom stereocenters. The summed E-state index contributed by atoms with van der Waals surface area (Å²) < 4.78 is 5.58. The Bertz CT molecular complexity index is 268. The van der Waals surface area contributed by atoms with Gasteiger partial charge < -0.3 is 9.73 Å². The fraction of sp³-hybridized carbons (Fsp3) is 0.692. The summed E-state index contributed by atoms with van der Waals surface area (Å²) in [7, 11) is 2.05. The first-order valence-electron chi connectivity index (χ1n) is 6.10. The van der Waals surface area contributed by atoms with Crippen molar-refractivity contribution in [1.82, 2.24) is 5.32 Å². The van der Waals surface area contributed by atoms with Crippen molar-refractivity contribution in [1.29, 1.82) is 0 Å². The molecule has 1 heterocycles. The zero-order valence-corrected chi connectivity index (χ0v) is 9.54. The summed E-state index contributed by atoms with van der Waals surface area (Å²) in [6.45, 7) is 1.12. The Kier molecular flexibility index (Phi) is 3.84. The predicted octanol–water partition coefficient (Wildman–Crippen LogP) is 3.16. The van der Waals surface area contributed by atoms with Crippen LogP contribution >= 0.6 is 0 Å². The fourth-order valence-electron chi connectivity index (χ4n) is 2.77. The number of rotatable bonds is 3. The van der Waals surface area contributed by atoms with Crippen molar-refractivity contribution >= 4 is 0 Å². The molecule has 1 aromatic heterocycles. The quantitative estimate of drug-likeness (QED) is 0.770. The molecule has 0 spiro atoms. The van der Waals surface area contributed by atoms with Crippen molar-refractivity contribution in [3.8, 4) is 0 Å². The monoisotopic (exact) mass is 207 g/mol. The first kappa shape index (κ1) is 10.7.